The first kappa shape index (κ1) is 23.2. The Balaban J connectivity index is 1.55. The fraction of sp³-hybridized carbons (Fsp3) is 0.545. The summed E-state index contributed by atoms with van der Waals surface area (Å²) >= 11 is 0. The number of pyridine rings is 1. The van der Waals surface area contributed by atoms with Crippen LogP contribution in [0.1, 0.15) is 44.6 Å². The first-order valence-corrected chi connectivity index (χ1v) is 10.8. The highest BCUT2D eigenvalue weighted by Crippen LogP contribution is 2.39. The van der Waals surface area contributed by atoms with Crippen LogP contribution in [0.4, 0.5) is 26.1 Å². The summed E-state index contributed by atoms with van der Waals surface area (Å²) in [5, 5.41) is 5.59. The van der Waals surface area contributed by atoms with E-state index in [0.717, 1.165) is 26.2 Å². The number of rotatable bonds is 7. The van der Waals surface area contributed by atoms with E-state index in [1.165, 1.54) is 19.2 Å². The molecule has 3 heterocycles. The lowest BCUT2D eigenvalue weighted by Crippen LogP contribution is -2.53. The summed E-state index contributed by atoms with van der Waals surface area (Å²) in [5.41, 5.74) is 0.565. The molecule has 1 amide bonds. The number of amides is 1. The molecule has 11 heteroatoms. The molecule has 178 valence electrons. The highest BCUT2D eigenvalue weighted by atomic mass is 19.3. The van der Waals surface area contributed by atoms with Gasteiger partial charge in [0.1, 0.15) is 24.3 Å². The van der Waals surface area contributed by atoms with Crippen molar-refractivity contribution in [2.24, 2.45) is 0 Å². The maximum absolute atomic E-state index is 13.8. The highest BCUT2D eigenvalue weighted by Gasteiger charge is 2.43. The van der Waals surface area contributed by atoms with Crippen molar-refractivity contribution in [3.05, 3.63) is 29.8 Å². The molecular formula is C22H27F2N5O4. The molecule has 1 spiro atoms. The normalized spacial score (nSPS) is 19.6. The Hall–Kier alpha value is -2.92. The molecule has 2 fully saturated rings. The van der Waals surface area contributed by atoms with Gasteiger partial charge in [-0.3, -0.25) is 4.79 Å². The molecule has 2 aromatic rings. The molecule has 2 aliphatic rings. The smallest absolute Gasteiger partial charge is 0.303 e. The lowest BCUT2D eigenvalue weighted by Gasteiger charge is -2.46. The maximum Gasteiger partial charge on any atom is 0.303 e. The molecule has 33 heavy (non-hydrogen) atoms. The van der Waals surface area contributed by atoms with Crippen LogP contribution in [0.2, 0.25) is 0 Å². The Labute approximate surface area is 190 Å². The van der Waals surface area contributed by atoms with E-state index in [1.54, 1.807) is 13.0 Å². The van der Waals surface area contributed by atoms with Crippen molar-refractivity contribution < 1.29 is 27.8 Å². The number of halogens is 2. The molecule has 0 bridgehead atoms. The minimum Gasteiger partial charge on any atom is -0.487 e. The third-order valence-electron chi connectivity index (χ3n) is 5.46. The fourth-order valence-electron chi connectivity index (χ4n) is 3.77. The quantitative estimate of drug-likeness (QED) is 0.640. The molecule has 2 aromatic heterocycles. The zero-order valence-corrected chi connectivity index (χ0v) is 18.8. The van der Waals surface area contributed by atoms with Gasteiger partial charge in [0.15, 0.2) is 5.75 Å². The Morgan fingerprint density at radius 3 is 2.76 bits per heavy atom. The van der Waals surface area contributed by atoms with Crippen LogP contribution in [-0.4, -0.2) is 52.4 Å². The van der Waals surface area contributed by atoms with Crippen LogP contribution in [0.5, 0.6) is 5.75 Å². The summed E-state index contributed by atoms with van der Waals surface area (Å²) in [6.07, 6.45) is 4.27. The third kappa shape index (κ3) is 5.72. The first-order chi connectivity index (χ1) is 15.6. The van der Waals surface area contributed by atoms with Gasteiger partial charge in [0.2, 0.25) is 11.7 Å². The number of carbonyl (C=O) groups excluding carboxylic acids is 1. The Bertz CT molecular complexity index is 1030. The molecule has 2 N–H and O–H groups in total. The summed E-state index contributed by atoms with van der Waals surface area (Å²) in [6.45, 7) is 4.94. The summed E-state index contributed by atoms with van der Waals surface area (Å²) < 4.78 is 45.5. The van der Waals surface area contributed by atoms with E-state index in [0.29, 0.717) is 30.3 Å². The summed E-state index contributed by atoms with van der Waals surface area (Å²) in [7, 11) is 0. The van der Waals surface area contributed by atoms with Gasteiger partial charge >= 0.3 is 5.92 Å². The van der Waals surface area contributed by atoms with Crippen LogP contribution < -0.4 is 15.4 Å². The number of carbonyl (C=O) groups is 1. The number of nitrogens with one attached hydrogen (secondary N) is 2. The minimum atomic E-state index is -3.20. The lowest BCUT2D eigenvalue weighted by atomic mass is 9.80. The van der Waals surface area contributed by atoms with E-state index in [-0.39, 0.29) is 35.9 Å². The number of hydrogen-bond donors (Lipinski definition) is 2. The molecule has 1 saturated heterocycles. The van der Waals surface area contributed by atoms with E-state index in [4.69, 9.17) is 14.2 Å². The number of alkyl halides is 2. The van der Waals surface area contributed by atoms with Gasteiger partial charge in [-0.05, 0) is 26.2 Å². The van der Waals surface area contributed by atoms with Gasteiger partial charge in [-0.25, -0.2) is 15.0 Å². The molecule has 0 aromatic carbocycles. The van der Waals surface area contributed by atoms with Crippen molar-refractivity contribution >= 4 is 23.2 Å². The van der Waals surface area contributed by atoms with Crippen LogP contribution in [0.3, 0.4) is 0 Å². The summed E-state index contributed by atoms with van der Waals surface area (Å²) in [4.78, 5) is 23.4. The van der Waals surface area contributed by atoms with Gasteiger partial charge in [0.05, 0.1) is 30.7 Å². The molecule has 1 aliphatic heterocycles. The number of hydrogen-bond acceptors (Lipinski definition) is 8. The number of anilines is 3. The van der Waals surface area contributed by atoms with Crippen molar-refractivity contribution in [3.63, 3.8) is 0 Å². The third-order valence-corrected chi connectivity index (χ3v) is 5.46. The highest BCUT2D eigenvalue weighted by molar-refractivity contribution is 5.88. The summed E-state index contributed by atoms with van der Waals surface area (Å²) in [5.74, 6) is -3.31. The van der Waals surface area contributed by atoms with Gasteiger partial charge in [-0.15, -0.1) is 0 Å². The number of ether oxygens (including phenoxy) is 3. The monoisotopic (exact) mass is 463 g/mol. The van der Waals surface area contributed by atoms with Crippen molar-refractivity contribution in [1.29, 1.82) is 0 Å². The molecule has 1 atom stereocenters. The van der Waals surface area contributed by atoms with Crippen LogP contribution >= 0.6 is 0 Å². The molecular weight excluding hydrogens is 436 g/mol. The number of aromatic nitrogens is 3. The predicted molar refractivity (Wildman–Crippen MR) is 116 cm³/mol. The Morgan fingerprint density at radius 2 is 2.09 bits per heavy atom. The zero-order valence-electron chi connectivity index (χ0n) is 18.8. The van der Waals surface area contributed by atoms with Gasteiger partial charge in [0, 0.05) is 31.7 Å². The number of aryl methyl sites for hydroxylation is 1. The first-order valence-electron chi connectivity index (χ1n) is 10.8. The zero-order chi connectivity index (χ0) is 23.6. The van der Waals surface area contributed by atoms with E-state index in [1.807, 2.05) is 0 Å². The van der Waals surface area contributed by atoms with Crippen LogP contribution in [-0.2, 0) is 20.2 Å². The molecule has 9 nitrogen and oxygen atoms in total. The Morgan fingerprint density at radius 1 is 1.30 bits per heavy atom. The standard InChI is InChI=1S/C22H27F2N5O4/c1-13-7-19(29-20(26-13)21(3,23)24)28-16-8-18(27-14(2)30)25-9-17(16)32-11-15-10-31-12-22(33-15)5-4-6-22/h7-9,15H,4-6,10-12H2,1-3H3,(H2,25,26,27,28,29,30)/t15-/m0/s1. The van der Waals surface area contributed by atoms with Gasteiger partial charge in [-0.1, -0.05) is 0 Å². The van der Waals surface area contributed by atoms with E-state index in [9.17, 15) is 13.6 Å². The second kappa shape index (κ2) is 9.14. The van der Waals surface area contributed by atoms with E-state index >= 15 is 0 Å². The van der Waals surface area contributed by atoms with Gasteiger partial charge < -0.3 is 24.8 Å². The van der Waals surface area contributed by atoms with Gasteiger partial charge in [-0.2, -0.15) is 8.78 Å². The second-order valence-electron chi connectivity index (χ2n) is 8.58. The maximum atomic E-state index is 13.8. The van der Waals surface area contributed by atoms with Crippen LogP contribution in [0.15, 0.2) is 18.3 Å². The minimum absolute atomic E-state index is 0.162. The van der Waals surface area contributed by atoms with E-state index < -0.39 is 11.7 Å². The topological polar surface area (TPSA) is 107 Å². The fourth-order valence-corrected chi connectivity index (χ4v) is 3.77. The van der Waals surface area contributed by atoms with Crippen LogP contribution in [0, 0.1) is 6.92 Å². The second-order valence-corrected chi connectivity index (χ2v) is 8.58. The van der Waals surface area contributed by atoms with E-state index in [2.05, 4.69) is 25.6 Å². The lowest BCUT2D eigenvalue weighted by molar-refractivity contribution is -0.233. The van der Waals surface area contributed by atoms with Crippen molar-refractivity contribution in [3.8, 4) is 5.75 Å². The largest absolute Gasteiger partial charge is 0.487 e. The Kier molecular flexibility index (Phi) is 6.44. The average molecular weight is 463 g/mol. The SMILES string of the molecule is CC(=O)Nc1cc(Nc2cc(C)nc(C(C)(F)F)n2)c(OC[C@@H]2COCC3(CCC3)O2)cn1. The molecule has 4 rings (SSSR count). The van der Waals surface area contributed by atoms with Crippen molar-refractivity contribution in [1.82, 2.24) is 15.0 Å². The van der Waals surface area contributed by atoms with Crippen molar-refractivity contribution in [2.45, 2.75) is 57.7 Å². The average Bonchev–Trinajstić information content (AvgIpc) is 2.71. The van der Waals surface area contributed by atoms with Crippen molar-refractivity contribution in [2.75, 3.05) is 30.5 Å². The van der Waals surface area contributed by atoms with Crippen LogP contribution in [0.25, 0.3) is 0 Å². The predicted octanol–water partition coefficient (Wildman–Crippen LogP) is 3.71. The summed E-state index contributed by atoms with van der Waals surface area (Å²) in [6, 6.07) is 3.08. The molecule has 0 radical (unpaired) electrons. The number of nitrogens with zero attached hydrogens (tertiary/aromatic N) is 3. The molecule has 1 aliphatic carbocycles. The van der Waals surface area contributed by atoms with Gasteiger partial charge in [0.25, 0.3) is 0 Å². The molecule has 1 saturated carbocycles. The molecule has 0 unspecified atom stereocenters.